The van der Waals surface area contributed by atoms with E-state index < -0.39 is 0 Å². The Labute approximate surface area is 64.5 Å². The molecule has 0 saturated carbocycles. The fourth-order valence-corrected chi connectivity index (χ4v) is 1.23. The van der Waals surface area contributed by atoms with E-state index in [9.17, 15) is 4.79 Å². The zero-order valence-corrected chi connectivity index (χ0v) is 7.27. The molecule has 0 aromatic heterocycles. The average Bonchev–Trinajstić information content (AvgIpc) is 1.90. The van der Waals surface area contributed by atoms with E-state index in [2.05, 4.69) is 20.7 Å². The molecule has 0 aromatic rings. The molecule has 9 heavy (non-hydrogen) atoms. The van der Waals surface area contributed by atoms with E-state index in [4.69, 9.17) is 0 Å². The van der Waals surface area contributed by atoms with Gasteiger partial charge in [0.2, 0.25) is 0 Å². The van der Waals surface area contributed by atoms with E-state index in [1.54, 1.807) is 0 Å². The number of rotatable bonds is 3. The molecule has 52 valence electrons. The zero-order valence-electron chi connectivity index (χ0n) is 5.69. The molecule has 0 fully saturated rings. The molecule has 0 aliphatic rings. The summed E-state index contributed by atoms with van der Waals surface area (Å²) in [6, 6.07) is 0. The van der Waals surface area contributed by atoms with Crippen LogP contribution in [0.15, 0.2) is 0 Å². The van der Waals surface area contributed by atoms with Gasteiger partial charge in [-0.3, -0.25) is 4.79 Å². The monoisotopic (exact) mass is 192 g/mol. The van der Waals surface area contributed by atoms with Crippen molar-refractivity contribution in [1.29, 1.82) is 0 Å². The molecule has 0 amide bonds. The number of esters is 1. The molecule has 2 nitrogen and oxygen atoms in total. The first-order chi connectivity index (χ1) is 4.26. The Morgan fingerprint density at radius 2 is 2.44 bits per heavy atom. The summed E-state index contributed by atoms with van der Waals surface area (Å²) in [4.78, 5) is 10.7. The van der Waals surface area contributed by atoms with Gasteiger partial charge in [0.1, 0.15) is 7.85 Å². The molecular weight excluding hydrogens is 183 g/mol. The molecule has 0 aromatic carbocycles. The van der Waals surface area contributed by atoms with Crippen molar-refractivity contribution in [2.75, 3.05) is 12.4 Å². The number of halogens is 1. The summed E-state index contributed by atoms with van der Waals surface area (Å²) >= 11 is 3.22. The maximum Gasteiger partial charge on any atom is 0.308 e. The molecule has 0 rings (SSSR count). The number of alkyl halides is 1. The van der Waals surface area contributed by atoms with E-state index in [-0.39, 0.29) is 11.9 Å². The van der Waals surface area contributed by atoms with Crippen LogP contribution in [0.5, 0.6) is 0 Å². The lowest BCUT2D eigenvalue weighted by Crippen LogP contribution is -2.16. The first kappa shape index (κ1) is 9.01. The fourth-order valence-electron chi connectivity index (χ4n) is 0.505. The minimum atomic E-state index is -0.130. The highest BCUT2D eigenvalue weighted by molar-refractivity contribution is 9.09. The standard InChI is InChI=1S/C5H10BBrO2/c1-9-5(8)4(2-6)3-7/h4H,2-3,6H2,1H3. The van der Waals surface area contributed by atoms with Crippen LogP contribution in [0.3, 0.4) is 0 Å². The van der Waals surface area contributed by atoms with Gasteiger partial charge in [-0.25, -0.2) is 0 Å². The number of carbonyl (C=O) groups excluding carboxylic acids is 1. The van der Waals surface area contributed by atoms with Crippen molar-refractivity contribution in [2.45, 2.75) is 6.32 Å². The van der Waals surface area contributed by atoms with Gasteiger partial charge in [0, 0.05) is 5.33 Å². The Morgan fingerprint density at radius 3 is 2.56 bits per heavy atom. The Bertz CT molecular complexity index is 93.0. The van der Waals surface area contributed by atoms with Crippen LogP contribution in [0, 0.1) is 5.92 Å². The van der Waals surface area contributed by atoms with Crippen LogP contribution in [0.4, 0.5) is 0 Å². The molecule has 0 radical (unpaired) electrons. The third-order valence-electron chi connectivity index (χ3n) is 1.21. The second kappa shape index (κ2) is 4.85. The van der Waals surface area contributed by atoms with E-state index >= 15 is 0 Å². The van der Waals surface area contributed by atoms with Gasteiger partial charge in [0.25, 0.3) is 0 Å². The summed E-state index contributed by atoms with van der Waals surface area (Å²) in [5.74, 6) is -0.107. The Hall–Kier alpha value is 0.0149. The van der Waals surface area contributed by atoms with Gasteiger partial charge in [0.05, 0.1) is 13.0 Å². The highest BCUT2D eigenvalue weighted by Gasteiger charge is 2.13. The van der Waals surface area contributed by atoms with Gasteiger partial charge < -0.3 is 4.74 Å². The third kappa shape index (κ3) is 2.89. The summed E-state index contributed by atoms with van der Waals surface area (Å²) in [7, 11) is 3.37. The SMILES string of the molecule is BCC(CBr)C(=O)OC. The normalized spacial score (nSPS) is 12.7. The predicted octanol–water partition coefficient (Wildman–Crippen LogP) is 0.222. The maximum absolute atomic E-state index is 10.7. The summed E-state index contributed by atoms with van der Waals surface area (Å²) in [6.45, 7) is 0. The van der Waals surface area contributed by atoms with Gasteiger partial charge >= 0.3 is 5.97 Å². The number of ether oxygens (including phenoxy) is 1. The molecule has 0 heterocycles. The molecule has 1 unspecified atom stereocenters. The molecule has 0 aliphatic carbocycles. The zero-order chi connectivity index (χ0) is 7.28. The lowest BCUT2D eigenvalue weighted by molar-refractivity contribution is -0.143. The van der Waals surface area contributed by atoms with Crippen molar-refractivity contribution in [3.8, 4) is 0 Å². The molecule has 0 spiro atoms. The molecular formula is C5H10BBrO2. The van der Waals surface area contributed by atoms with Crippen molar-refractivity contribution in [1.82, 2.24) is 0 Å². The smallest absolute Gasteiger partial charge is 0.308 e. The number of carbonyl (C=O) groups is 1. The highest BCUT2D eigenvalue weighted by atomic mass is 79.9. The van der Waals surface area contributed by atoms with Crippen LogP contribution in [-0.2, 0) is 9.53 Å². The van der Waals surface area contributed by atoms with E-state index in [0.717, 1.165) is 6.32 Å². The predicted molar refractivity (Wildman–Crippen MR) is 42.7 cm³/mol. The van der Waals surface area contributed by atoms with Gasteiger partial charge in [-0.05, 0) is 0 Å². The highest BCUT2D eigenvalue weighted by Crippen LogP contribution is 2.06. The fraction of sp³-hybridized carbons (Fsp3) is 0.800. The van der Waals surface area contributed by atoms with Crippen LogP contribution in [0.25, 0.3) is 0 Å². The van der Waals surface area contributed by atoms with E-state index in [1.165, 1.54) is 7.11 Å². The lowest BCUT2D eigenvalue weighted by Gasteiger charge is -2.06. The van der Waals surface area contributed by atoms with Crippen LogP contribution >= 0.6 is 15.9 Å². The minimum absolute atomic E-state index is 0.0231. The molecule has 0 saturated heterocycles. The quantitative estimate of drug-likeness (QED) is 0.364. The van der Waals surface area contributed by atoms with E-state index in [0.29, 0.717) is 5.33 Å². The summed E-state index contributed by atoms with van der Waals surface area (Å²) in [5.41, 5.74) is 0. The molecule has 0 aliphatic heterocycles. The summed E-state index contributed by atoms with van der Waals surface area (Å²) < 4.78 is 4.53. The Morgan fingerprint density at radius 1 is 1.89 bits per heavy atom. The second-order valence-electron chi connectivity index (χ2n) is 1.78. The van der Waals surface area contributed by atoms with Gasteiger partial charge in [0.15, 0.2) is 0 Å². The van der Waals surface area contributed by atoms with Crippen molar-refractivity contribution >= 4 is 29.7 Å². The van der Waals surface area contributed by atoms with E-state index in [1.807, 2.05) is 7.85 Å². The van der Waals surface area contributed by atoms with Crippen LogP contribution in [0.2, 0.25) is 6.32 Å². The summed E-state index contributed by atoms with van der Waals surface area (Å²) in [5, 5.41) is 0.691. The van der Waals surface area contributed by atoms with Crippen LogP contribution in [-0.4, -0.2) is 26.3 Å². The summed E-state index contributed by atoms with van der Waals surface area (Å²) in [6.07, 6.45) is 0.831. The van der Waals surface area contributed by atoms with Gasteiger partial charge in [-0.2, -0.15) is 0 Å². The first-order valence-electron chi connectivity index (χ1n) is 2.90. The number of hydrogen-bond donors (Lipinski definition) is 0. The number of methoxy groups -OCH3 is 1. The molecule has 4 heteroatoms. The van der Waals surface area contributed by atoms with Crippen LogP contribution < -0.4 is 0 Å². The Kier molecular flexibility index (Phi) is 4.86. The maximum atomic E-state index is 10.7. The molecule has 0 N–H and O–H groups in total. The minimum Gasteiger partial charge on any atom is -0.469 e. The largest absolute Gasteiger partial charge is 0.469 e. The van der Waals surface area contributed by atoms with Crippen molar-refractivity contribution < 1.29 is 9.53 Å². The molecule has 1 atom stereocenters. The van der Waals surface area contributed by atoms with Crippen LogP contribution in [0.1, 0.15) is 0 Å². The Balaban J connectivity index is 3.64. The topological polar surface area (TPSA) is 26.3 Å². The average molecular weight is 193 g/mol. The van der Waals surface area contributed by atoms with Crippen molar-refractivity contribution in [2.24, 2.45) is 5.92 Å². The van der Waals surface area contributed by atoms with Gasteiger partial charge in [-0.15, -0.1) is 0 Å². The first-order valence-corrected chi connectivity index (χ1v) is 4.02. The van der Waals surface area contributed by atoms with Crippen molar-refractivity contribution in [3.05, 3.63) is 0 Å². The third-order valence-corrected chi connectivity index (χ3v) is 2.00. The number of hydrogen-bond acceptors (Lipinski definition) is 2. The van der Waals surface area contributed by atoms with Crippen molar-refractivity contribution in [3.63, 3.8) is 0 Å². The van der Waals surface area contributed by atoms with Gasteiger partial charge in [-0.1, -0.05) is 22.3 Å². The second-order valence-corrected chi connectivity index (χ2v) is 2.43. The lowest BCUT2D eigenvalue weighted by atomic mass is 9.93. The molecule has 0 bridgehead atoms.